The Labute approximate surface area is 123 Å². The minimum Gasteiger partial charge on any atom is -0.271 e. The molecule has 1 saturated carbocycles. The van der Waals surface area contributed by atoms with Crippen LogP contribution in [0.3, 0.4) is 0 Å². The van der Waals surface area contributed by atoms with Crippen molar-refractivity contribution in [3.8, 4) is 0 Å². The molecule has 1 aliphatic rings. The van der Waals surface area contributed by atoms with E-state index in [9.17, 15) is 0 Å². The Morgan fingerprint density at radius 2 is 2.00 bits per heavy atom. The Kier molecular flexibility index (Phi) is 4.76. The van der Waals surface area contributed by atoms with Gasteiger partial charge in [-0.25, -0.2) is 0 Å². The summed E-state index contributed by atoms with van der Waals surface area (Å²) in [5.74, 6) is 0. The zero-order valence-corrected chi connectivity index (χ0v) is 13.6. The molecule has 0 N–H and O–H groups in total. The van der Waals surface area contributed by atoms with E-state index in [0.717, 1.165) is 28.9 Å². The molecule has 2 nitrogen and oxygen atoms in total. The van der Waals surface area contributed by atoms with Gasteiger partial charge < -0.3 is 0 Å². The lowest BCUT2D eigenvalue weighted by atomic mass is 9.72. The van der Waals surface area contributed by atoms with Crippen LogP contribution in [0.4, 0.5) is 0 Å². The van der Waals surface area contributed by atoms with E-state index in [1.165, 1.54) is 37.8 Å². The molecule has 1 aromatic heterocycles. The fourth-order valence-electron chi connectivity index (χ4n) is 3.03. The topological polar surface area (TPSA) is 17.8 Å². The van der Waals surface area contributed by atoms with Crippen molar-refractivity contribution in [2.24, 2.45) is 12.5 Å². The first-order valence-corrected chi connectivity index (χ1v) is 8.38. The van der Waals surface area contributed by atoms with Gasteiger partial charge in [-0.3, -0.25) is 4.68 Å². The van der Waals surface area contributed by atoms with Crippen molar-refractivity contribution in [2.75, 3.05) is 5.33 Å². The zero-order chi connectivity index (χ0) is 13.2. The minimum atomic E-state index is 0.390. The number of halogens is 2. The van der Waals surface area contributed by atoms with Gasteiger partial charge in [0, 0.05) is 12.4 Å². The van der Waals surface area contributed by atoms with E-state index >= 15 is 0 Å². The summed E-state index contributed by atoms with van der Waals surface area (Å²) in [5, 5.41) is 6.50. The summed E-state index contributed by atoms with van der Waals surface area (Å²) in [6, 6.07) is 0. The van der Waals surface area contributed by atoms with Crippen molar-refractivity contribution in [2.45, 2.75) is 51.9 Å². The number of alkyl halides is 1. The van der Waals surface area contributed by atoms with Gasteiger partial charge in [-0.05, 0) is 31.1 Å². The number of rotatable bonds is 4. The third-order valence-electron chi connectivity index (χ3n) is 4.24. The summed E-state index contributed by atoms with van der Waals surface area (Å²) in [6.07, 6.45) is 8.66. The van der Waals surface area contributed by atoms with Gasteiger partial charge in [-0.15, -0.1) is 0 Å². The summed E-state index contributed by atoms with van der Waals surface area (Å²) in [4.78, 5) is 0. The van der Waals surface area contributed by atoms with Gasteiger partial charge in [-0.2, -0.15) is 5.10 Å². The maximum atomic E-state index is 6.47. The van der Waals surface area contributed by atoms with Crippen LogP contribution in [-0.2, 0) is 19.9 Å². The van der Waals surface area contributed by atoms with Gasteiger partial charge in [-0.1, -0.05) is 53.7 Å². The molecular formula is C14H22BrClN2. The zero-order valence-electron chi connectivity index (χ0n) is 11.3. The maximum absolute atomic E-state index is 6.47. The maximum Gasteiger partial charge on any atom is 0.0849 e. The fraction of sp³-hybridized carbons (Fsp3) is 0.786. The van der Waals surface area contributed by atoms with E-state index < -0.39 is 0 Å². The second-order valence-electron chi connectivity index (χ2n) is 5.56. The van der Waals surface area contributed by atoms with Crippen molar-refractivity contribution < 1.29 is 0 Å². The minimum absolute atomic E-state index is 0.390. The number of nitrogens with zero attached hydrogens (tertiary/aromatic N) is 2. The largest absolute Gasteiger partial charge is 0.271 e. The second kappa shape index (κ2) is 5.96. The molecular weight excluding hydrogens is 312 g/mol. The van der Waals surface area contributed by atoms with Crippen LogP contribution in [0.25, 0.3) is 0 Å². The molecule has 0 aliphatic heterocycles. The predicted molar refractivity (Wildman–Crippen MR) is 80.6 cm³/mol. The third-order valence-corrected chi connectivity index (χ3v) is 5.87. The average molecular weight is 334 g/mol. The quantitative estimate of drug-likeness (QED) is 0.741. The van der Waals surface area contributed by atoms with Gasteiger partial charge in [0.1, 0.15) is 0 Å². The van der Waals surface area contributed by atoms with E-state index in [-0.39, 0.29) is 0 Å². The first-order valence-electron chi connectivity index (χ1n) is 6.88. The molecule has 1 heterocycles. The van der Waals surface area contributed by atoms with Gasteiger partial charge in [0.25, 0.3) is 0 Å². The molecule has 0 atom stereocenters. The molecule has 0 saturated heterocycles. The van der Waals surface area contributed by atoms with E-state index in [1.807, 2.05) is 11.7 Å². The summed E-state index contributed by atoms with van der Waals surface area (Å²) < 4.78 is 1.99. The van der Waals surface area contributed by atoms with Gasteiger partial charge in [0.2, 0.25) is 0 Å². The van der Waals surface area contributed by atoms with Gasteiger partial charge in [0.15, 0.2) is 0 Å². The van der Waals surface area contributed by atoms with E-state index in [0.29, 0.717) is 5.41 Å². The highest BCUT2D eigenvalue weighted by Gasteiger charge is 2.33. The van der Waals surface area contributed by atoms with E-state index in [2.05, 4.69) is 28.0 Å². The van der Waals surface area contributed by atoms with Crippen molar-refractivity contribution in [3.63, 3.8) is 0 Å². The molecule has 0 spiro atoms. The Morgan fingerprint density at radius 3 is 2.50 bits per heavy atom. The molecule has 102 valence electrons. The Bertz CT molecular complexity index is 408. The van der Waals surface area contributed by atoms with Crippen LogP contribution in [0.2, 0.25) is 5.02 Å². The molecule has 0 radical (unpaired) electrons. The monoisotopic (exact) mass is 332 g/mol. The molecule has 1 aromatic rings. The first kappa shape index (κ1) is 14.4. The highest BCUT2D eigenvalue weighted by Crippen LogP contribution is 2.42. The van der Waals surface area contributed by atoms with Crippen molar-refractivity contribution in [3.05, 3.63) is 16.4 Å². The van der Waals surface area contributed by atoms with Crippen LogP contribution in [0.5, 0.6) is 0 Å². The van der Waals surface area contributed by atoms with Crippen LogP contribution in [0, 0.1) is 5.41 Å². The molecule has 0 unspecified atom stereocenters. The molecule has 0 bridgehead atoms. The lowest BCUT2D eigenvalue weighted by Gasteiger charge is -2.35. The lowest BCUT2D eigenvalue weighted by molar-refractivity contribution is 0.219. The normalized spacial score (nSPS) is 19.1. The average Bonchev–Trinajstić information content (AvgIpc) is 2.67. The van der Waals surface area contributed by atoms with Crippen molar-refractivity contribution >= 4 is 27.5 Å². The summed E-state index contributed by atoms with van der Waals surface area (Å²) in [7, 11) is 2.02. The fourth-order valence-corrected chi connectivity index (χ4v) is 4.15. The molecule has 0 aromatic carbocycles. The summed E-state index contributed by atoms with van der Waals surface area (Å²) >= 11 is 10.2. The Hall–Kier alpha value is -0.0200. The van der Waals surface area contributed by atoms with Gasteiger partial charge >= 0.3 is 0 Å². The molecule has 18 heavy (non-hydrogen) atoms. The number of hydrogen-bond donors (Lipinski definition) is 0. The van der Waals surface area contributed by atoms with Crippen LogP contribution in [0.15, 0.2) is 0 Å². The highest BCUT2D eigenvalue weighted by atomic mass is 79.9. The summed E-state index contributed by atoms with van der Waals surface area (Å²) in [6.45, 7) is 2.11. The smallest absolute Gasteiger partial charge is 0.0849 e. The standard InChI is InChI=1S/C14H22BrClN2/c1-3-11-13(16)12(18(2)17-11)9-14(10-15)7-5-4-6-8-14/h3-10H2,1-2H3. The Balaban J connectivity index is 2.24. The highest BCUT2D eigenvalue weighted by molar-refractivity contribution is 9.09. The predicted octanol–water partition coefficient (Wildman–Crippen LogP) is 4.52. The SMILES string of the molecule is CCc1nn(C)c(CC2(CBr)CCCCC2)c1Cl. The van der Waals surface area contributed by atoms with Crippen LogP contribution < -0.4 is 0 Å². The van der Waals surface area contributed by atoms with Gasteiger partial charge in [0.05, 0.1) is 16.4 Å². The molecule has 2 rings (SSSR count). The third kappa shape index (κ3) is 2.77. The second-order valence-corrected chi connectivity index (χ2v) is 6.49. The summed E-state index contributed by atoms with van der Waals surface area (Å²) in [5.41, 5.74) is 2.64. The van der Waals surface area contributed by atoms with Crippen molar-refractivity contribution in [1.29, 1.82) is 0 Å². The number of hydrogen-bond acceptors (Lipinski definition) is 1. The number of aromatic nitrogens is 2. The molecule has 0 amide bonds. The van der Waals surface area contributed by atoms with Crippen LogP contribution in [-0.4, -0.2) is 15.1 Å². The number of aryl methyl sites for hydroxylation is 2. The van der Waals surface area contributed by atoms with Crippen LogP contribution in [0.1, 0.15) is 50.4 Å². The molecule has 4 heteroatoms. The van der Waals surface area contributed by atoms with Crippen LogP contribution >= 0.6 is 27.5 Å². The molecule has 1 aliphatic carbocycles. The van der Waals surface area contributed by atoms with E-state index in [4.69, 9.17) is 11.6 Å². The van der Waals surface area contributed by atoms with E-state index in [1.54, 1.807) is 0 Å². The first-order chi connectivity index (χ1) is 8.62. The lowest BCUT2D eigenvalue weighted by Crippen LogP contribution is -2.29. The molecule has 1 fully saturated rings. The van der Waals surface area contributed by atoms with Crippen molar-refractivity contribution in [1.82, 2.24) is 9.78 Å². The Morgan fingerprint density at radius 1 is 1.33 bits per heavy atom.